The predicted molar refractivity (Wildman–Crippen MR) is 81.1 cm³/mol. The van der Waals surface area contributed by atoms with E-state index >= 15 is 0 Å². The first-order valence-electron chi connectivity index (χ1n) is 6.07. The lowest BCUT2D eigenvalue weighted by molar-refractivity contribution is 0.131. The van der Waals surface area contributed by atoms with Crippen LogP contribution in [0.1, 0.15) is 25.5 Å². The molecule has 1 aromatic carbocycles. The maximum atomic E-state index is 9.44. The SMILES string of the molecule is COc1cc(OC)c([C@H](N)C(C)(C)CO)cc1OC.Cl. The van der Waals surface area contributed by atoms with E-state index in [0.29, 0.717) is 17.2 Å². The Labute approximate surface area is 126 Å². The van der Waals surface area contributed by atoms with Crippen LogP contribution in [-0.4, -0.2) is 33.0 Å². The zero-order valence-electron chi connectivity index (χ0n) is 12.6. The molecule has 1 aromatic rings. The Morgan fingerprint density at radius 1 is 1.05 bits per heavy atom. The number of rotatable bonds is 6. The Balaban J connectivity index is 0.00000361. The second-order valence-electron chi connectivity index (χ2n) is 5.07. The largest absolute Gasteiger partial charge is 0.496 e. The standard InChI is InChI=1S/C14H23NO4.ClH/c1-14(2,8-16)13(15)9-6-11(18-4)12(19-5)7-10(9)17-3;/h6-7,13,16H,8,15H2,1-5H3;1H/t13-;/m0./s1. The van der Waals surface area contributed by atoms with Crippen molar-refractivity contribution in [1.29, 1.82) is 0 Å². The highest BCUT2D eigenvalue weighted by Gasteiger charge is 2.30. The second kappa shape index (κ2) is 7.57. The van der Waals surface area contributed by atoms with Crippen molar-refractivity contribution in [3.8, 4) is 17.2 Å². The van der Waals surface area contributed by atoms with Gasteiger partial charge in [0.25, 0.3) is 0 Å². The lowest BCUT2D eigenvalue weighted by Gasteiger charge is -2.31. The highest BCUT2D eigenvalue weighted by molar-refractivity contribution is 5.85. The van der Waals surface area contributed by atoms with Crippen LogP contribution >= 0.6 is 12.4 Å². The molecule has 1 atom stereocenters. The van der Waals surface area contributed by atoms with E-state index in [4.69, 9.17) is 19.9 Å². The predicted octanol–water partition coefficient (Wildman–Crippen LogP) is 2.15. The topological polar surface area (TPSA) is 73.9 Å². The van der Waals surface area contributed by atoms with Crippen molar-refractivity contribution in [2.75, 3.05) is 27.9 Å². The smallest absolute Gasteiger partial charge is 0.164 e. The summed E-state index contributed by atoms with van der Waals surface area (Å²) in [5.74, 6) is 1.78. The summed E-state index contributed by atoms with van der Waals surface area (Å²) in [4.78, 5) is 0. The molecule has 0 spiro atoms. The molecule has 0 amide bonds. The molecule has 3 N–H and O–H groups in total. The van der Waals surface area contributed by atoms with E-state index in [9.17, 15) is 5.11 Å². The van der Waals surface area contributed by atoms with E-state index < -0.39 is 5.41 Å². The summed E-state index contributed by atoms with van der Waals surface area (Å²) in [6, 6.07) is 3.15. The number of nitrogens with two attached hydrogens (primary N) is 1. The zero-order chi connectivity index (χ0) is 14.6. The van der Waals surface area contributed by atoms with Crippen molar-refractivity contribution in [2.24, 2.45) is 11.1 Å². The van der Waals surface area contributed by atoms with Crippen molar-refractivity contribution in [1.82, 2.24) is 0 Å². The average molecular weight is 306 g/mol. The van der Waals surface area contributed by atoms with Gasteiger partial charge in [-0.15, -0.1) is 12.4 Å². The van der Waals surface area contributed by atoms with Crippen molar-refractivity contribution < 1.29 is 19.3 Å². The molecule has 1 rings (SSSR count). The number of aliphatic hydroxyl groups is 1. The zero-order valence-corrected chi connectivity index (χ0v) is 13.4. The summed E-state index contributed by atoms with van der Waals surface area (Å²) in [6.45, 7) is 3.77. The number of ether oxygens (including phenoxy) is 3. The van der Waals surface area contributed by atoms with Gasteiger partial charge in [-0.3, -0.25) is 0 Å². The molecule has 0 radical (unpaired) electrons. The molecular formula is C14H24ClNO4. The van der Waals surface area contributed by atoms with E-state index in [1.807, 2.05) is 13.8 Å². The minimum Gasteiger partial charge on any atom is -0.496 e. The number of halogens is 1. The van der Waals surface area contributed by atoms with Crippen LogP contribution < -0.4 is 19.9 Å². The number of methoxy groups -OCH3 is 3. The Hall–Kier alpha value is -1.17. The first-order valence-corrected chi connectivity index (χ1v) is 6.07. The number of benzene rings is 1. The van der Waals surface area contributed by atoms with Gasteiger partial charge >= 0.3 is 0 Å². The fraction of sp³-hybridized carbons (Fsp3) is 0.571. The van der Waals surface area contributed by atoms with E-state index in [1.54, 1.807) is 33.5 Å². The summed E-state index contributed by atoms with van der Waals surface area (Å²) in [5.41, 5.74) is 6.55. The first-order chi connectivity index (χ1) is 8.91. The van der Waals surface area contributed by atoms with Crippen LogP contribution in [0.3, 0.4) is 0 Å². The molecule has 0 aliphatic carbocycles. The molecule has 0 fully saturated rings. The maximum absolute atomic E-state index is 9.44. The molecule has 6 heteroatoms. The van der Waals surface area contributed by atoms with E-state index in [1.165, 1.54) is 0 Å². The molecule has 0 aliphatic rings. The van der Waals surface area contributed by atoms with Crippen LogP contribution in [0.25, 0.3) is 0 Å². The molecule has 0 unspecified atom stereocenters. The molecule has 0 saturated carbocycles. The summed E-state index contributed by atoms with van der Waals surface area (Å²) in [6.07, 6.45) is 0. The van der Waals surface area contributed by atoms with E-state index in [2.05, 4.69) is 0 Å². The van der Waals surface area contributed by atoms with Gasteiger partial charge in [-0.1, -0.05) is 13.8 Å². The number of hydrogen-bond donors (Lipinski definition) is 2. The van der Waals surface area contributed by atoms with Crippen LogP contribution in [-0.2, 0) is 0 Å². The first kappa shape index (κ1) is 18.8. The lowest BCUT2D eigenvalue weighted by Crippen LogP contribution is -2.32. The Morgan fingerprint density at radius 3 is 1.90 bits per heavy atom. The minimum absolute atomic E-state index is 0. The quantitative estimate of drug-likeness (QED) is 0.842. The van der Waals surface area contributed by atoms with Gasteiger partial charge in [0.05, 0.1) is 21.3 Å². The van der Waals surface area contributed by atoms with E-state index in [-0.39, 0.29) is 25.1 Å². The van der Waals surface area contributed by atoms with Crippen molar-refractivity contribution in [3.05, 3.63) is 17.7 Å². The maximum Gasteiger partial charge on any atom is 0.164 e. The molecule has 0 aromatic heterocycles. The summed E-state index contributed by atoms with van der Waals surface area (Å²) in [5, 5.41) is 9.44. The molecule has 0 bridgehead atoms. The third-order valence-corrected chi connectivity index (χ3v) is 3.32. The Bertz CT molecular complexity index is 437. The van der Waals surface area contributed by atoms with Gasteiger partial charge in [-0.05, 0) is 6.07 Å². The van der Waals surface area contributed by atoms with Crippen LogP contribution in [0.5, 0.6) is 17.2 Å². The summed E-state index contributed by atoms with van der Waals surface area (Å²) in [7, 11) is 4.70. The summed E-state index contributed by atoms with van der Waals surface area (Å²) < 4.78 is 15.9. The molecule has 5 nitrogen and oxygen atoms in total. The van der Waals surface area contributed by atoms with Gasteiger partial charge in [0, 0.05) is 29.7 Å². The minimum atomic E-state index is -0.465. The third kappa shape index (κ3) is 3.69. The highest BCUT2D eigenvalue weighted by Crippen LogP contribution is 2.41. The number of aliphatic hydroxyl groups excluding tert-OH is 1. The average Bonchev–Trinajstić information content (AvgIpc) is 2.44. The molecule has 0 saturated heterocycles. The Kier molecular flexibility index (Phi) is 7.13. The van der Waals surface area contributed by atoms with Gasteiger partial charge < -0.3 is 25.1 Å². The molecule has 20 heavy (non-hydrogen) atoms. The second-order valence-corrected chi connectivity index (χ2v) is 5.07. The monoisotopic (exact) mass is 305 g/mol. The molecular weight excluding hydrogens is 282 g/mol. The van der Waals surface area contributed by atoms with Gasteiger partial charge in [0.2, 0.25) is 0 Å². The fourth-order valence-electron chi connectivity index (χ4n) is 1.82. The van der Waals surface area contributed by atoms with Gasteiger partial charge in [-0.2, -0.15) is 0 Å². The number of hydrogen-bond acceptors (Lipinski definition) is 5. The summed E-state index contributed by atoms with van der Waals surface area (Å²) >= 11 is 0. The van der Waals surface area contributed by atoms with Crippen LogP contribution in [0.15, 0.2) is 12.1 Å². The van der Waals surface area contributed by atoms with Crippen molar-refractivity contribution >= 4 is 12.4 Å². The van der Waals surface area contributed by atoms with Crippen LogP contribution in [0.2, 0.25) is 0 Å². The molecule has 0 heterocycles. The molecule has 116 valence electrons. The van der Waals surface area contributed by atoms with Crippen LogP contribution in [0.4, 0.5) is 0 Å². The third-order valence-electron chi connectivity index (χ3n) is 3.32. The van der Waals surface area contributed by atoms with Gasteiger partial charge in [0.15, 0.2) is 11.5 Å². The van der Waals surface area contributed by atoms with E-state index in [0.717, 1.165) is 5.56 Å². The lowest BCUT2D eigenvalue weighted by atomic mass is 9.81. The fourth-order valence-corrected chi connectivity index (χ4v) is 1.82. The molecule has 0 aliphatic heterocycles. The Morgan fingerprint density at radius 2 is 1.50 bits per heavy atom. The van der Waals surface area contributed by atoms with Crippen molar-refractivity contribution in [3.63, 3.8) is 0 Å². The van der Waals surface area contributed by atoms with Gasteiger partial charge in [0.1, 0.15) is 5.75 Å². The van der Waals surface area contributed by atoms with Gasteiger partial charge in [-0.25, -0.2) is 0 Å². The van der Waals surface area contributed by atoms with Crippen molar-refractivity contribution in [2.45, 2.75) is 19.9 Å². The normalized spacial score (nSPS) is 12.3. The van der Waals surface area contributed by atoms with Crippen LogP contribution in [0, 0.1) is 5.41 Å². The highest BCUT2D eigenvalue weighted by atomic mass is 35.5.